The highest BCUT2D eigenvalue weighted by Gasteiger charge is 2.22. The van der Waals surface area contributed by atoms with E-state index in [4.69, 9.17) is 16.6 Å². The lowest BCUT2D eigenvalue weighted by Gasteiger charge is -2.18. The first-order chi connectivity index (χ1) is 13.9. The number of rotatable bonds is 11. The van der Waals surface area contributed by atoms with Crippen molar-refractivity contribution in [3.63, 3.8) is 0 Å². The summed E-state index contributed by atoms with van der Waals surface area (Å²) in [5.41, 5.74) is 11.0. The number of ketones is 1. The van der Waals surface area contributed by atoms with E-state index in [0.29, 0.717) is 32.4 Å². The fraction of sp³-hybridized carbons (Fsp3) is 0.650. The minimum absolute atomic E-state index is 0.0697. The molecule has 0 radical (unpaired) electrons. The maximum atomic E-state index is 12.3. The van der Waals surface area contributed by atoms with E-state index in [1.807, 2.05) is 31.4 Å². The number of carbonyl (C=O) groups excluding carboxylic acids is 3. The number of amides is 2. The van der Waals surface area contributed by atoms with Crippen LogP contribution in [0.1, 0.15) is 57.8 Å². The molecule has 0 spiro atoms. The molecule has 7 N–H and O–H groups in total. The number of hydrogen-bond donors (Lipinski definition) is 5. The van der Waals surface area contributed by atoms with Gasteiger partial charge in [-0.3, -0.25) is 14.4 Å². The molecule has 168 valence electrons. The van der Waals surface area contributed by atoms with Crippen molar-refractivity contribution < 1.29 is 19.5 Å². The number of nitrogens with one attached hydrogen (secondary N) is 2. The second-order valence-electron chi connectivity index (χ2n) is 5.70. The topological polar surface area (TPSA) is 148 Å². The van der Waals surface area contributed by atoms with Gasteiger partial charge in [-0.1, -0.05) is 26.8 Å². The van der Waals surface area contributed by atoms with Gasteiger partial charge in [0, 0.05) is 17.9 Å². The van der Waals surface area contributed by atoms with E-state index in [9.17, 15) is 14.4 Å². The highest BCUT2D eigenvalue weighted by Crippen LogP contribution is 2.24. The van der Waals surface area contributed by atoms with Crippen molar-refractivity contribution >= 4 is 28.9 Å². The first kappa shape index (κ1) is 29.4. The SMILES string of the molecule is CC.CCC(=O)C(CCN)NC(=O)CNC(=O)C(CCN)c1cccs1.CCO. The van der Waals surface area contributed by atoms with Crippen LogP contribution in [0.2, 0.25) is 0 Å². The Morgan fingerprint density at radius 2 is 1.72 bits per heavy atom. The summed E-state index contributed by atoms with van der Waals surface area (Å²) < 4.78 is 0. The quantitative estimate of drug-likeness (QED) is 0.355. The minimum atomic E-state index is -0.596. The summed E-state index contributed by atoms with van der Waals surface area (Å²) in [7, 11) is 0. The zero-order chi connectivity index (χ0) is 22.7. The predicted octanol–water partition coefficient (Wildman–Crippen LogP) is 1.13. The molecule has 2 amide bonds. The molecule has 2 atom stereocenters. The molecule has 29 heavy (non-hydrogen) atoms. The van der Waals surface area contributed by atoms with Crippen molar-refractivity contribution in [1.82, 2.24) is 10.6 Å². The first-order valence-electron chi connectivity index (χ1n) is 10.1. The minimum Gasteiger partial charge on any atom is -0.397 e. The highest BCUT2D eigenvalue weighted by molar-refractivity contribution is 7.10. The molecule has 9 heteroatoms. The molecule has 0 aliphatic carbocycles. The predicted molar refractivity (Wildman–Crippen MR) is 119 cm³/mol. The van der Waals surface area contributed by atoms with Crippen LogP contribution in [0.25, 0.3) is 0 Å². The molecule has 2 unspecified atom stereocenters. The van der Waals surface area contributed by atoms with E-state index in [1.165, 1.54) is 11.3 Å². The van der Waals surface area contributed by atoms with Crippen molar-refractivity contribution in [3.05, 3.63) is 22.4 Å². The molecule has 0 saturated heterocycles. The Morgan fingerprint density at radius 1 is 1.14 bits per heavy atom. The average Bonchev–Trinajstić information content (AvgIpc) is 3.25. The lowest BCUT2D eigenvalue weighted by atomic mass is 10.0. The third kappa shape index (κ3) is 13.1. The van der Waals surface area contributed by atoms with Crippen molar-refractivity contribution in [1.29, 1.82) is 0 Å². The van der Waals surface area contributed by atoms with Crippen LogP contribution in [0, 0.1) is 0 Å². The van der Waals surface area contributed by atoms with E-state index in [1.54, 1.807) is 13.8 Å². The third-order valence-electron chi connectivity index (χ3n) is 3.61. The Kier molecular flexibility index (Phi) is 19.8. The van der Waals surface area contributed by atoms with Crippen LogP contribution in [-0.4, -0.2) is 55.0 Å². The summed E-state index contributed by atoms with van der Waals surface area (Å²) in [4.78, 5) is 37.0. The molecule has 1 rings (SSSR count). The molecule has 1 aromatic heterocycles. The van der Waals surface area contributed by atoms with E-state index < -0.39 is 11.9 Å². The Hall–Kier alpha value is -1.81. The fourth-order valence-corrected chi connectivity index (χ4v) is 3.18. The van der Waals surface area contributed by atoms with Crippen molar-refractivity contribution in [3.8, 4) is 0 Å². The van der Waals surface area contributed by atoms with Gasteiger partial charge < -0.3 is 27.2 Å². The Bertz CT molecular complexity index is 553. The summed E-state index contributed by atoms with van der Waals surface area (Å²) in [6.07, 6.45) is 1.23. The van der Waals surface area contributed by atoms with Crippen LogP contribution in [0.4, 0.5) is 0 Å². The van der Waals surface area contributed by atoms with Gasteiger partial charge in [0.1, 0.15) is 0 Å². The lowest BCUT2D eigenvalue weighted by Crippen LogP contribution is -2.46. The summed E-state index contributed by atoms with van der Waals surface area (Å²) in [5, 5.41) is 14.7. The van der Waals surface area contributed by atoms with Gasteiger partial charge in [-0.15, -0.1) is 11.3 Å². The van der Waals surface area contributed by atoms with Gasteiger partial charge in [-0.2, -0.15) is 0 Å². The van der Waals surface area contributed by atoms with Gasteiger partial charge in [0.2, 0.25) is 11.8 Å². The molecule has 0 bridgehead atoms. The monoisotopic (exact) mass is 430 g/mol. The van der Waals surface area contributed by atoms with Crippen LogP contribution in [0.15, 0.2) is 17.5 Å². The lowest BCUT2D eigenvalue weighted by molar-refractivity contribution is -0.129. The molecule has 1 aromatic rings. The number of aliphatic hydroxyl groups is 1. The molecular formula is C20H38N4O4S. The Balaban J connectivity index is 0. The summed E-state index contributed by atoms with van der Waals surface area (Å²) >= 11 is 1.48. The van der Waals surface area contributed by atoms with Crippen LogP contribution in [-0.2, 0) is 14.4 Å². The molecule has 0 saturated carbocycles. The fourth-order valence-electron chi connectivity index (χ4n) is 2.32. The molecule has 0 fully saturated rings. The summed E-state index contributed by atoms with van der Waals surface area (Å²) in [6, 6.07) is 3.15. The molecule has 0 aliphatic heterocycles. The number of nitrogens with two attached hydrogens (primary N) is 2. The van der Waals surface area contributed by atoms with Crippen LogP contribution in [0.5, 0.6) is 0 Å². The number of aliphatic hydroxyl groups excluding tert-OH is 1. The van der Waals surface area contributed by atoms with Crippen molar-refractivity contribution in [2.75, 3.05) is 26.2 Å². The Morgan fingerprint density at radius 3 is 2.17 bits per heavy atom. The van der Waals surface area contributed by atoms with Crippen molar-refractivity contribution in [2.45, 2.75) is 58.9 Å². The maximum absolute atomic E-state index is 12.3. The highest BCUT2D eigenvalue weighted by atomic mass is 32.1. The number of Topliss-reactive ketones (excluding diaryl/α,β-unsaturated/α-hetero) is 1. The number of thiophene rings is 1. The molecule has 8 nitrogen and oxygen atoms in total. The largest absolute Gasteiger partial charge is 0.397 e. The van der Waals surface area contributed by atoms with E-state index >= 15 is 0 Å². The first-order valence-corrected chi connectivity index (χ1v) is 11.0. The smallest absolute Gasteiger partial charge is 0.239 e. The molecule has 0 aromatic carbocycles. The maximum Gasteiger partial charge on any atom is 0.239 e. The molecule has 0 aliphatic rings. The van der Waals surface area contributed by atoms with Crippen LogP contribution in [0.3, 0.4) is 0 Å². The Labute approximate surface area is 178 Å². The average molecular weight is 431 g/mol. The van der Waals surface area contributed by atoms with Gasteiger partial charge in [-0.05, 0) is 44.3 Å². The second-order valence-corrected chi connectivity index (χ2v) is 6.68. The van der Waals surface area contributed by atoms with Crippen molar-refractivity contribution in [2.24, 2.45) is 11.5 Å². The van der Waals surface area contributed by atoms with Gasteiger partial charge in [0.25, 0.3) is 0 Å². The van der Waals surface area contributed by atoms with Gasteiger partial charge >= 0.3 is 0 Å². The molecular weight excluding hydrogens is 392 g/mol. The van der Waals surface area contributed by atoms with Gasteiger partial charge in [-0.25, -0.2) is 0 Å². The van der Waals surface area contributed by atoms with Gasteiger partial charge in [0.15, 0.2) is 5.78 Å². The van der Waals surface area contributed by atoms with E-state index in [0.717, 1.165) is 4.88 Å². The second kappa shape index (κ2) is 19.5. The standard InChI is InChI=1S/C16H26N4O3S.C2H6O.C2H6/c1-2-13(21)12(6-8-18)20-15(22)10-19-16(23)11(5-7-17)14-4-3-9-24-14;1-2-3;1-2/h3-4,9,11-12H,2,5-8,10,17-18H2,1H3,(H,19,23)(H,20,22);3H,2H2,1H3;1-2H3. The normalized spacial score (nSPS) is 11.7. The zero-order valence-electron chi connectivity index (χ0n) is 18.1. The third-order valence-corrected chi connectivity index (χ3v) is 4.60. The van der Waals surface area contributed by atoms with Crippen LogP contribution < -0.4 is 22.1 Å². The summed E-state index contributed by atoms with van der Waals surface area (Å²) in [5.74, 6) is -1.07. The number of hydrogen-bond acceptors (Lipinski definition) is 7. The van der Waals surface area contributed by atoms with E-state index in [2.05, 4.69) is 10.6 Å². The zero-order valence-corrected chi connectivity index (χ0v) is 18.9. The van der Waals surface area contributed by atoms with Gasteiger partial charge in [0.05, 0.1) is 18.5 Å². The van der Waals surface area contributed by atoms with E-state index in [-0.39, 0.29) is 30.8 Å². The summed E-state index contributed by atoms with van der Waals surface area (Å²) in [6.45, 7) is 8.17. The van der Waals surface area contributed by atoms with Crippen LogP contribution >= 0.6 is 11.3 Å². The number of carbonyl (C=O) groups is 3. The molecule has 1 heterocycles.